The lowest BCUT2D eigenvalue weighted by molar-refractivity contribution is -0.138. The average molecular weight is 352 g/mol. The molecule has 4 nitrogen and oxygen atoms in total. The number of carbonyl (C=O) groups is 1. The first-order chi connectivity index (χ1) is 11.8. The van der Waals surface area contributed by atoms with Crippen LogP contribution in [0, 0.1) is 0 Å². The first kappa shape index (κ1) is 18.8. The fourth-order valence-corrected chi connectivity index (χ4v) is 2.40. The van der Waals surface area contributed by atoms with Gasteiger partial charge in [0.1, 0.15) is 6.54 Å². The molecule has 0 spiro atoms. The Labute approximate surface area is 143 Å². The van der Waals surface area contributed by atoms with Crippen molar-refractivity contribution < 1.29 is 18.0 Å². The quantitative estimate of drug-likeness (QED) is 0.869. The van der Waals surface area contributed by atoms with Gasteiger partial charge in [-0.3, -0.25) is 9.59 Å². The third kappa shape index (κ3) is 5.77. The molecule has 0 aliphatic rings. The highest BCUT2D eigenvalue weighted by atomic mass is 19.4. The zero-order chi connectivity index (χ0) is 18.4. The number of halogens is 3. The maximum atomic E-state index is 12.7. The number of hydrogen-bond acceptors (Lipinski definition) is 2. The minimum Gasteiger partial charge on any atom is -0.352 e. The van der Waals surface area contributed by atoms with E-state index >= 15 is 0 Å². The highest BCUT2D eigenvalue weighted by molar-refractivity contribution is 5.76. The number of benzene rings is 1. The van der Waals surface area contributed by atoms with Gasteiger partial charge in [-0.1, -0.05) is 30.3 Å². The molecule has 2 rings (SSSR count). The van der Waals surface area contributed by atoms with Crippen LogP contribution in [0.5, 0.6) is 0 Å². The molecule has 134 valence electrons. The smallest absolute Gasteiger partial charge is 0.352 e. The van der Waals surface area contributed by atoms with Gasteiger partial charge < -0.3 is 9.88 Å². The van der Waals surface area contributed by atoms with Gasteiger partial charge in [0.15, 0.2) is 0 Å². The molecule has 1 aromatic heterocycles. The summed E-state index contributed by atoms with van der Waals surface area (Å²) in [5, 5.41) is 2.70. The van der Waals surface area contributed by atoms with Crippen LogP contribution in [0.4, 0.5) is 13.2 Å². The van der Waals surface area contributed by atoms with Gasteiger partial charge in [0.05, 0.1) is 5.56 Å². The second-order valence-electron chi connectivity index (χ2n) is 5.87. The van der Waals surface area contributed by atoms with Crippen molar-refractivity contribution in [2.75, 3.05) is 0 Å². The van der Waals surface area contributed by atoms with Crippen molar-refractivity contribution in [1.29, 1.82) is 0 Å². The topological polar surface area (TPSA) is 51.1 Å². The molecule has 0 saturated heterocycles. The van der Waals surface area contributed by atoms with Gasteiger partial charge >= 0.3 is 6.18 Å². The summed E-state index contributed by atoms with van der Waals surface area (Å²) in [7, 11) is 0. The Morgan fingerprint density at radius 2 is 1.84 bits per heavy atom. The lowest BCUT2D eigenvalue weighted by Crippen LogP contribution is -2.37. The summed E-state index contributed by atoms with van der Waals surface area (Å²) in [6.45, 7) is 1.37. The fourth-order valence-electron chi connectivity index (χ4n) is 2.40. The molecule has 1 amide bonds. The summed E-state index contributed by atoms with van der Waals surface area (Å²) in [6.07, 6.45) is -2.44. The number of pyridine rings is 1. The van der Waals surface area contributed by atoms with Gasteiger partial charge in [0.2, 0.25) is 5.91 Å². The molecular formula is C18H19F3N2O2. The minimum absolute atomic E-state index is 0.158. The van der Waals surface area contributed by atoms with Crippen molar-refractivity contribution in [3.63, 3.8) is 0 Å². The molecule has 0 fully saturated rings. The summed E-state index contributed by atoms with van der Waals surface area (Å²) < 4.78 is 38.8. The SMILES string of the molecule is C[C@@H](CCc1ccccc1)NC(=O)Cn1cc(C(F)(F)F)ccc1=O. The van der Waals surface area contributed by atoms with E-state index in [1.54, 1.807) is 0 Å². The summed E-state index contributed by atoms with van der Waals surface area (Å²) in [6, 6.07) is 11.1. The number of amides is 1. The largest absolute Gasteiger partial charge is 0.417 e. The number of rotatable bonds is 6. The molecule has 2 aromatic rings. The van der Waals surface area contributed by atoms with E-state index in [1.807, 2.05) is 37.3 Å². The van der Waals surface area contributed by atoms with E-state index in [9.17, 15) is 22.8 Å². The first-order valence-electron chi connectivity index (χ1n) is 7.86. The maximum Gasteiger partial charge on any atom is 0.417 e. The molecule has 0 bridgehead atoms. The number of carbonyl (C=O) groups excluding carboxylic acids is 1. The first-order valence-corrected chi connectivity index (χ1v) is 7.86. The van der Waals surface area contributed by atoms with Gasteiger partial charge in [0.25, 0.3) is 5.56 Å². The summed E-state index contributed by atoms with van der Waals surface area (Å²) in [4.78, 5) is 23.6. The number of hydrogen-bond donors (Lipinski definition) is 1. The Morgan fingerprint density at radius 3 is 2.48 bits per heavy atom. The number of nitrogens with one attached hydrogen (secondary N) is 1. The van der Waals surface area contributed by atoms with Crippen molar-refractivity contribution in [2.45, 2.75) is 38.5 Å². The number of aromatic nitrogens is 1. The molecule has 0 radical (unpaired) electrons. The van der Waals surface area contributed by atoms with Gasteiger partial charge in [-0.25, -0.2) is 0 Å². The molecular weight excluding hydrogens is 333 g/mol. The van der Waals surface area contributed by atoms with Gasteiger partial charge in [-0.2, -0.15) is 13.2 Å². The highest BCUT2D eigenvalue weighted by Gasteiger charge is 2.31. The van der Waals surface area contributed by atoms with Gasteiger partial charge in [0, 0.05) is 18.3 Å². The third-order valence-electron chi connectivity index (χ3n) is 3.74. The van der Waals surface area contributed by atoms with Gasteiger partial charge in [-0.05, 0) is 31.4 Å². The van der Waals surface area contributed by atoms with Crippen LogP contribution in [0.15, 0.2) is 53.5 Å². The summed E-state index contributed by atoms with van der Waals surface area (Å²) >= 11 is 0. The predicted octanol–water partition coefficient (Wildman–Crippen LogP) is 3.00. The van der Waals surface area contributed by atoms with Crippen molar-refractivity contribution in [2.24, 2.45) is 0 Å². The van der Waals surface area contributed by atoms with Crippen LogP contribution in [-0.4, -0.2) is 16.5 Å². The van der Waals surface area contributed by atoms with Crippen LogP contribution in [0.25, 0.3) is 0 Å². The maximum absolute atomic E-state index is 12.7. The molecule has 7 heteroatoms. The molecule has 25 heavy (non-hydrogen) atoms. The minimum atomic E-state index is -4.56. The second kappa shape index (κ2) is 8.00. The highest BCUT2D eigenvalue weighted by Crippen LogP contribution is 2.27. The van der Waals surface area contributed by atoms with E-state index in [0.717, 1.165) is 22.6 Å². The Hall–Kier alpha value is -2.57. The van der Waals surface area contributed by atoms with Crippen molar-refractivity contribution in [1.82, 2.24) is 9.88 Å². The summed E-state index contributed by atoms with van der Waals surface area (Å²) in [5.74, 6) is -0.498. The molecule has 0 aliphatic carbocycles. The fraction of sp³-hybridized carbons (Fsp3) is 0.333. The summed E-state index contributed by atoms with van der Waals surface area (Å²) in [5.41, 5.74) is -0.477. The van der Waals surface area contributed by atoms with E-state index < -0.39 is 29.8 Å². The van der Waals surface area contributed by atoms with Crippen LogP contribution >= 0.6 is 0 Å². The van der Waals surface area contributed by atoms with Crippen molar-refractivity contribution >= 4 is 5.91 Å². The van der Waals surface area contributed by atoms with Crippen molar-refractivity contribution in [3.8, 4) is 0 Å². The lowest BCUT2D eigenvalue weighted by atomic mass is 10.1. The molecule has 0 saturated carbocycles. The van der Waals surface area contributed by atoms with Crippen molar-refractivity contribution in [3.05, 3.63) is 70.1 Å². The number of nitrogens with zero attached hydrogens (tertiary/aromatic N) is 1. The van der Waals surface area contributed by atoms with Crippen LogP contribution in [0.3, 0.4) is 0 Å². The number of alkyl halides is 3. The second-order valence-corrected chi connectivity index (χ2v) is 5.87. The van der Waals surface area contributed by atoms with Crippen LogP contribution < -0.4 is 10.9 Å². The Bertz CT molecular complexity index is 770. The molecule has 1 atom stereocenters. The molecule has 0 aliphatic heterocycles. The van der Waals surface area contributed by atoms with Gasteiger partial charge in [-0.15, -0.1) is 0 Å². The Balaban J connectivity index is 1.92. The zero-order valence-corrected chi connectivity index (χ0v) is 13.7. The molecule has 1 heterocycles. The van der Waals surface area contributed by atoms with E-state index in [4.69, 9.17) is 0 Å². The van der Waals surface area contributed by atoms with Crippen LogP contribution in [0.2, 0.25) is 0 Å². The standard InChI is InChI=1S/C18H19F3N2O2/c1-13(7-8-14-5-3-2-4-6-14)22-16(24)12-23-11-15(18(19,20)21)9-10-17(23)25/h2-6,9-11,13H,7-8,12H2,1H3,(H,22,24)/t13-/m0/s1. The molecule has 1 aromatic carbocycles. The normalized spacial score (nSPS) is 12.6. The Morgan fingerprint density at radius 1 is 1.16 bits per heavy atom. The monoisotopic (exact) mass is 352 g/mol. The van der Waals surface area contributed by atoms with E-state index in [0.29, 0.717) is 18.7 Å². The number of aryl methyl sites for hydroxylation is 1. The molecule has 1 N–H and O–H groups in total. The Kier molecular flexibility index (Phi) is 6.01. The molecule has 0 unspecified atom stereocenters. The zero-order valence-electron chi connectivity index (χ0n) is 13.7. The van der Waals surface area contributed by atoms with E-state index in [-0.39, 0.29) is 6.04 Å². The third-order valence-corrected chi connectivity index (χ3v) is 3.74. The lowest BCUT2D eigenvalue weighted by Gasteiger charge is -2.15. The van der Waals surface area contributed by atoms with E-state index in [2.05, 4.69) is 5.32 Å². The average Bonchev–Trinajstić information content (AvgIpc) is 2.55. The van der Waals surface area contributed by atoms with Crippen LogP contribution in [-0.2, 0) is 23.9 Å². The van der Waals surface area contributed by atoms with E-state index in [1.165, 1.54) is 0 Å². The predicted molar refractivity (Wildman–Crippen MR) is 88.1 cm³/mol. The van der Waals surface area contributed by atoms with Crippen LogP contribution in [0.1, 0.15) is 24.5 Å².